The summed E-state index contributed by atoms with van der Waals surface area (Å²) in [6.45, 7) is 0.0704. The van der Waals surface area contributed by atoms with E-state index in [1.165, 1.54) is 12.1 Å². The SMILES string of the molecule is O=C1[C@@H]2Cc3c([nH]c4ccccc34)[C@@H](c3cccc([N+](=O)[O-])c3)N2C(=O)CN1C1CCCC1. The molecule has 1 aromatic heterocycles. The molecule has 3 aromatic rings. The number of nitrogens with zero attached hydrogens (tertiary/aromatic N) is 3. The first kappa shape index (κ1) is 20.0. The van der Waals surface area contributed by atoms with Crippen molar-refractivity contribution in [1.29, 1.82) is 0 Å². The quantitative estimate of drug-likeness (QED) is 0.492. The highest BCUT2D eigenvalue weighted by Gasteiger charge is 2.49. The van der Waals surface area contributed by atoms with Crippen molar-refractivity contribution in [3.05, 3.63) is 75.5 Å². The number of para-hydroxylation sites is 1. The van der Waals surface area contributed by atoms with Crippen LogP contribution in [0.15, 0.2) is 48.5 Å². The number of carbonyl (C=O) groups is 2. The maximum Gasteiger partial charge on any atom is 0.269 e. The lowest BCUT2D eigenvalue weighted by atomic mass is 9.85. The molecule has 33 heavy (non-hydrogen) atoms. The summed E-state index contributed by atoms with van der Waals surface area (Å²) >= 11 is 0. The van der Waals surface area contributed by atoms with Gasteiger partial charge in [0.25, 0.3) is 5.69 Å². The summed E-state index contributed by atoms with van der Waals surface area (Å²) in [4.78, 5) is 45.2. The van der Waals surface area contributed by atoms with Gasteiger partial charge in [-0.3, -0.25) is 19.7 Å². The van der Waals surface area contributed by atoms with Gasteiger partial charge in [-0.15, -0.1) is 0 Å². The molecule has 0 spiro atoms. The van der Waals surface area contributed by atoms with Crippen LogP contribution in [0.5, 0.6) is 0 Å². The molecule has 2 fully saturated rings. The van der Waals surface area contributed by atoms with E-state index in [0.29, 0.717) is 12.0 Å². The third-order valence-electron chi connectivity index (χ3n) is 7.46. The highest BCUT2D eigenvalue weighted by atomic mass is 16.6. The first-order valence-electron chi connectivity index (χ1n) is 11.5. The number of nitro benzene ring substituents is 1. The molecule has 1 aliphatic carbocycles. The molecule has 8 nitrogen and oxygen atoms in total. The van der Waals surface area contributed by atoms with Gasteiger partial charge in [0.1, 0.15) is 12.6 Å². The molecule has 0 unspecified atom stereocenters. The number of non-ortho nitro benzene ring substituents is 1. The largest absolute Gasteiger partial charge is 0.356 e. The Balaban J connectivity index is 1.52. The summed E-state index contributed by atoms with van der Waals surface area (Å²) in [5.74, 6) is -0.111. The Labute approximate surface area is 190 Å². The summed E-state index contributed by atoms with van der Waals surface area (Å²) in [7, 11) is 0. The van der Waals surface area contributed by atoms with Gasteiger partial charge in [-0.25, -0.2) is 0 Å². The van der Waals surface area contributed by atoms with Gasteiger partial charge in [-0.1, -0.05) is 43.2 Å². The Kier molecular flexibility index (Phi) is 4.50. The van der Waals surface area contributed by atoms with Gasteiger partial charge in [-0.05, 0) is 30.0 Å². The molecule has 3 heterocycles. The molecule has 2 atom stereocenters. The van der Waals surface area contributed by atoms with E-state index in [2.05, 4.69) is 4.98 Å². The van der Waals surface area contributed by atoms with Crippen molar-refractivity contribution in [3.8, 4) is 0 Å². The Morgan fingerprint density at radius 3 is 2.61 bits per heavy atom. The van der Waals surface area contributed by atoms with Gasteiger partial charge in [0, 0.05) is 41.2 Å². The number of carbonyl (C=O) groups excluding carboxylic acids is 2. The lowest BCUT2D eigenvalue weighted by molar-refractivity contribution is -0.384. The minimum atomic E-state index is -0.609. The van der Waals surface area contributed by atoms with E-state index in [-0.39, 0.29) is 30.1 Å². The summed E-state index contributed by atoms with van der Waals surface area (Å²) < 4.78 is 0. The fraction of sp³-hybridized carbons (Fsp3) is 0.360. The Morgan fingerprint density at radius 1 is 1.03 bits per heavy atom. The average molecular weight is 444 g/mol. The lowest BCUT2D eigenvalue weighted by Crippen LogP contribution is -2.64. The number of hydrogen-bond donors (Lipinski definition) is 1. The maximum atomic E-state index is 13.7. The Bertz CT molecular complexity index is 1290. The smallest absolute Gasteiger partial charge is 0.269 e. The van der Waals surface area contributed by atoms with Gasteiger partial charge < -0.3 is 14.8 Å². The minimum Gasteiger partial charge on any atom is -0.356 e. The molecule has 3 aliphatic rings. The van der Waals surface area contributed by atoms with Crippen LogP contribution in [-0.4, -0.2) is 50.1 Å². The van der Waals surface area contributed by atoms with Gasteiger partial charge in [0.15, 0.2) is 0 Å². The summed E-state index contributed by atoms with van der Waals surface area (Å²) in [6, 6.07) is 13.3. The van der Waals surface area contributed by atoms with E-state index in [4.69, 9.17) is 0 Å². The van der Waals surface area contributed by atoms with Crippen molar-refractivity contribution in [1.82, 2.24) is 14.8 Å². The molecular formula is C25H24N4O4. The number of fused-ring (bicyclic) bond motifs is 4. The second-order valence-corrected chi connectivity index (χ2v) is 9.24. The number of nitro groups is 1. The number of nitrogens with one attached hydrogen (secondary N) is 1. The van der Waals surface area contributed by atoms with E-state index < -0.39 is 17.0 Å². The predicted octanol–water partition coefficient (Wildman–Crippen LogP) is 3.70. The Morgan fingerprint density at radius 2 is 1.82 bits per heavy atom. The molecule has 6 rings (SSSR count). The van der Waals surface area contributed by atoms with Crippen LogP contribution in [-0.2, 0) is 16.0 Å². The van der Waals surface area contributed by atoms with Crippen LogP contribution in [0.25, 0.3) is 10.9 Å². The topological polar surface area (TPSA) is 99.5 Å². The summed E-state index contributed by atoms with van der Waals surface area (Å²) in [6.07, 6.45) is 4.50. The number of piperazine rings is 1. The second-order valence-electron chi connectivity index (χ2n) is 9.24. The molecule has 2 aromatic carbocycles. The third-order valence-corrected chi connectivity index (χ3v) is 7.46. The molecule has 1 N–H and O–H groups in total. The zero-order valence-electron chi connectivity index (χ0n) is 18.1. The zero-order valence-corrected chi connectivity index (χ0v) is 18.1. The molecule has 1 saturated heterocycles. The molecule has 0 radical (unpaired) electrons. The molecule has 2 aliphatic heterocycles. The van der Waals surface area contributed by atoms with Gasteiger partial charge in [0.2, 0.25) is 11.8 Å². The monoisotopic (exact) mass is 444 g/mol. The molecule has 168 valence electrons. The van der Waals surface area contributed by atoms with E-state index in [9.17, 15) is 19.7 Å². The normalized spacial score (nSPS) is 23.2. The van der Waals surface area contributed by atoms with Crippen molar-refractivity contribution in [2.75, 3.05) is 6.54 Å². The molecule has 2 amide bonds. The van der Waals surface area contributed by atoms with Crippen LogP contribution in [0.2, 0.25) is 0 Å². The van der Waals surface area contributed by atoms with Gasteiger partial charge in [0.05, 0.1) is 11.0 Å². The van der Waals surface area contributed by atoms with E-state index in [1.807, 2.05) is 24.3 Å². The summed E-state index contributed by atoms with van der Waals surface area (Å²) in [5.41, 5.74) is 3.39. The first-order valence-corrected chi connectivity index (χ1v) is 11.5. The van der Waals surface area contributed by atoms with Crippen LogP contribution < -0.4 is 0 Å². The molecular weight excluding hydrogens is 420 g/mol. The second kappa shape index (κ2) is 7.43. The zero-order chi connectivity index (χ0) is 22.7. The van der Waals surface area contributed by atoms with Crippen LogP contribution in [0.4, 0.5) is 5.69 Å². The number of rotatable bonds is 3. The predicted molar refractivity (Wildman–Crippen MR) is 122 cm³/mol. The van der Waals surface area contributed by atoms with Crippen LogP contribution in [0.1, 0.15) is 48.5 Å². The maximum absolute atomic E-state index is 13.7. The van der Waals surface area contributed by atoms with Crippen LogP contribution >= 0.6 is 0 Å². The average Bonchev–Trinajstić information content (AvgIpc) is 3.48. The number of hydrogen-bond acceptors (Lipinski definition) is 4. The van der Waals surface area contributed by atoms with E-state index >= 15 is 0 Å². The van der Waals surface area contributed by atoms with Crippen LogP contribution in [0.3, 0.4) is 0 Å². The number of aromatic amines is 1. The van der Waals surface area contributed by atoms with Crippen molar-refractivity contribution in [2.24, 2.45) is 0 Å². The van der Waals surface area contributed by atoms with Crippen LogP contribution in [0, 0.1) is 10.1 Å². The Hall–Kier alpha value is -3.68. The number of benzene rings is 2. The fourth-order valence-electron chi connectivity index (χ4n) is 5.97. The fourth-order valence-corrected chi connectivity index (χ4v) is 5.97. The van der Waals surface area contributed by atoms with Crippen molar-refractivity contribution >= 4 is 28.4 Å². The van der Waals surface area contributed by atoms with Crippen molar-refractivity contribution in [3.63, 3.8) is 0 Å². The highest BCUT2D eigenvalue weighted by Crippen LogP contribution is 2.43. The number of amides is 2. The highest BCUT2D eigenvalue weighted by molar-refractivity contribution is 5.97. The minimum absolute atomic E-state index is 0.00661. The van der Waals surface area contributed by atoms with Crippen molar-refractivity contribution < 1.29 is 14.5 Å². The third kappa shape index (κ3) is 3.04. The number of aromatic nitrogens is 1. The van der Waals surface area contributed by atoms with E-state index in [1.54, 1.807) is 21.9 Å². The van der Waals surface area contributed by atoms with E-state index in [0.717, 1.165) is 47.8 Å². The first-order chi connectivity index (χ1) is 16.0. The number of H-pyrrole nitrogens is 1. The van der Waals surface area contributed by atoms with Gasteiger partial charge in [-0.2, -0.15) is 0 Å². The molecule has 1 saturated carbocycles. The van der Waals surface area contributed by atoms with Crippen molar-refractivity contribution in [2.45, 2.75) is 50.2 Å². The van der Waals surface area contributed by atoms with Gasteiger partial charge >= 0.3 is 0 Å². The lowest BCUT2D eigenvalue weighted by Gasteiger charge is -2.48. The summed E-state index contributed by atoms with van der Waals surface area (Å²) in [5, 5.41) is 12.5. The molecule has 0 bridgehead atoms. The molecule has 8 heteroatoms. The standard InChI is InChI=1S/C25H24N4O4/c30-22-14-27(16-7-1-2-8-16)25(31)21-13-19-18-10-3-4-11-20(18)26-23(19)24(28(21)22)15-6-5-9-17(12-15)29(32)33/h3-6,9-12,16,21,24,26H,1-2,7-8,13-14H2/t21-,24+/m0/s1.